The second-order valence-corrected chi connectivity index (χ2v) is 6.85. The molecule has 0 saturated carbocycles. The number of aromatic hydroxyl groups is 1. The summed E-state index contributed by atoms with van der Waals surface area (Å²) in [6, 6.07) is 13.6. The lowest BCUT2D eigenvalue weighted by Gasteiger charge is -2.37. The van der Waals surface area contributed by atoms with Crippen molar-refractivity contribution in [2.45, 2.75) is 13.5 Å². The number of benzene rings is 2. The molecule has 2 aromatic rings. The molecule has 0 spiro atoms. The van der Waals surface area contributed by atoms with E-state index in [1.165, 1.54) is 5.69 Å². The third-order valence-corrected chi connectivity index (χ3v) is 5.01. The third kappa shape index (κ3) is 5.25. The first kappa shape index (κ1) is 20.6. The van der Waals surface area contributed by atoms with Crippen LogP contribution in [0.15, 0.2) is 47.5 Å². The van der Waals surface area contributed by atoms with Crippen molar-refractivity contribution in [3.05, 3.63) is 48.0 Å². The van der Waals surface area contributed by atoms with Gasteiger partial charge in [0.05, 0.1) is 20.8 Å². The van der Waals surface area contributed by atoms with Crippen LogP contribution in [0.4, 0.5) is 5.69 Å². The fraction of sp³-hybridized carbons (Fsp3) is 0.409. The van der Waals surface area contributed by atoms with Crippen molar-refractivity contribution in [2.75, 3.05) is 51.8 Å². The summed E-state index contributed by atoms with van der Waals surface area (Å²) in [4.78, 5) is 9.43. The number of aliphatic imine (C=N–C) groups is 1. The summed E-state index contributed by atoms with van der Waals surface area (Å²) >= 11 is 0. The standard InChI is InChI=1S/C22H30N4O3/c1-4-23-22(24-16-17-5-10-21(29-3)20(27)15-17)26-13-11-25(12-14-26)18-6-8-19(28-2)9-7-18/h5-10,15,27H,4,11-14,16H2,1-3H3,(H,23,24). The van der Waals surface area contributed by atoms with Crippen LogP contribution in [0, 0.1) is 0 Å². The topological polar surface area (TPSA) is 69.6 Å². The van der Waals surface area contributed by atoms with Crippen LogP contribution in [0.5, 0.6) is 17.2 Å². The minimum atomic E-state index is 0.137. The zero-order valence-corrected chi connectivity index (χ0v) is 17.4. The van der Waals surface area contributed by atoms with Crippen LogP contribution >= 0.6 is 0 Å². The maximum absolute atomic E-state index is 9.97. The SMILES string of the molecule is CCNC(=NCc1ccc(OC)c(O)c1)N1CCN(c2ccc(OC)cc2)CC1. The number of phenolic OH excluding ortho intramolecular Hbond substituents is 1. The van der Waals surface area contributed by atoms with Crippen molar-refractivity contribution < 1.29 is 14.6 Å². The first-order valence-corrected chi connectivity index (χ1v) is 9.92. The smallest absolute Gasteiger partial charge is 0.194 e. The van der Waals surface area contributed by atoms with E-state index in [1.807, 2.05) is 18.2 Å². The fourth-order valence-electron chi connectivity index (χ4n) is 3.40. The zero-order valence-electron chi connectivity index (χ0n) is 17.4. The molecule has 1 fully saturated rings. The summed E-state index contributed by atoms with van der Waals surface area (Å²) in [5.41, 5.74) is 2.15. The number of hydrogen-bond acceptors (Lipinski definition) is 5. The van der Waals surface area contributed by atoms with Gasteiger partial charge in [-0.05, 0) is 48.9 Å². The molecule has 0 atom stereocenters. The van der Waals surface area contributed by atoms with Gasteiger partial charge >= 0.3 is 0 Å². The molecule has 1 aliphatic rings. The van der Waals surface area contributed by atoms with E-state index in [9.17, 15) is 5.11 Å². The van der Waals surface area contributed by atoms with Crippen LogP contribution < -0.4 is 19.7 Å². The number of anilines is 1. The Hall–Kier alpha value is -3.09. The summed E-state index contributed by atoms with van der Waals surface area (Å²) < 4.78 is 10.3. The number of methoxy groups -OCH3 is 2. The predicted octanol–water partition coefficient (Wildman–Crippen LogP) is 2.70. The van der Waals surface area contributed by atoms with Crippen molar-refractivity contribution in [1.29, 1.82) is 0 Å². The van der Waals surface area contributed by atoms with Gasteiger partial charge in [-0.15, -0.1) is 0 Å². The lowest BCUT2D eigenvalue weighted by molar-refractivity contribution is 0.371. The molecule has 7 nitrogen and oxygen atoms in total. The van der Waals surface area contributed by atoms with Gasteiger partial charge in [-0.2, -0.15) is 0 Å². The van der Waals surface area contributed by atoms with Crippen molar-refractivity contribution in [1.82, 2.24) is 10.2 Å². The highest BCUT2D eigenvalue weighted by atomic mass is 16.5. The zero-order chi connectivity index (χ0) is 20.6. The van der Waals surface area contributed by atoms with Gasteiger partial charge in [-0.25, -0.2) is 4.99 Å². The highest BCUT2D eigenvalue weighted by molar-refractivity contribution is 5.80. The number of piperazine rings is 1. The molecule has 0 unspecified atom stereocenters. The molecule has 156 valence electrons. The van der Waals surface area contributed by atoms with E-state index in [0.717, 1.165) is 50.0 Å². The number of nitrogens with one attached hydrogen (secondary N) is 1. The lowest BCUT2D eigenvalue weighted by Crippen LogP contribution is -2.52. The molecule has 7 heteroatoms. The van der Waals surface area contributed by atoms with Crippen LogP contribution in [0.3, 0.4) is 0 Å². The van der Waals surface area contributed by atoms with Crippen LogP contribution in [0.2, 0.25) is 0 Å². The second kappa shape index (κ2) is 9.91. The molecule has 1 aliphatic heterocycles. The minimum Gasteiger partial charge on any atom is -0.504 e. The van der Waals surface area contributed by atoms with E-state index in [4.69, 9.17) is 14.5 Å². The molecule has 3 rings (SSSR count). The van der Waals surface area contributed by atoms with Gasteiger partial charge in [0.25, 0.3) is 0 Å². The van der Waals surface area contributed by atoms with Crippen LogP contribution in [0.25, 0.3) is 0 Å². The number of rotatable bonds is 6. The van der Waals surface area contributed by atoms with Crippen molar-refractivity contribution in [3.63, 3.8) is 0 Å². The van der Waals surface area contributed by atoms with Crippen LogP contribution in [-0.2, 0) is 6.54 Å². The molecule has 0 radical (unpaired) electrons. The van der Waals surface area contributed by atoms with Crippen molar-refractivity contribution >= 4 is 11.6 Å². The summed E-state index contributed by atoms with van der Waals surface area (Å²) in [5, 5.41) is 13.3. The second-order valence-electron chi connectivity index (χ2n) is 6.85. The Balaban J connectivity index is 1.62. The van der Waals surface area contributed by atoms with Crippen LogP contribution in [-0.4, -0.2) is 62.9 Å². The normalized spacial score (nSPS) is 14.7. The number of phenols is 1. The van der Waals surface area contributed by atoms with E-state index in [1.54, 1.807) is 26.4 Å². The molecule has 0 amide bonds. The fourth-order valence-corrected chi connectivity index (χ4v) is 3.40. The Labute approximate surface area is 172 Å². The van der Waals surface area contributed by atoms with Gasteiger partial charge in [0.1, 0.15) is 5.75 Å². The molecule has 2 aromatic carbocycles. The predicted molar refractivity (Wildman–Crippen MR) is 116 cm³/mol. The Kier molecular flexibility index (Phi) is 7.05. The number of hydrogen-bond donors (Lipinski definition) is 2. The average molecular weight is 399 g/mol. The number of nitrogens with zero attached hydrogens (tertiary/aromatic N) is 3. The Morgan fingerprint density at radius 3 is 2.34 bits per heavy atom. The Morgan fingerprint density at radius 1 is 1.03 bits per heavy atom. The van der Waals surface area contributed by atoms with Gasteiger partial charge in [0.15, 0.2) is 17.5 Å². The highest BCUT2D eigenvalue weighted by Gasteiger charge is 2.20. The van der Waals surface area contributed by atoms with Crippen molar-refractivity contribution in [3.8, 4) is 17.2 Å². The van der Waals surface area contributed by atoms with E-state index in [2.05, 4.69) is 34.2 Å². The number of guanidine groups is 1. The summed E-state index contributed by atoms with van der Waals surface area (Å²) in [5.74, 6) is 2.38. The molecule has 1 heterocycles. The van der Waals surface area contributed by atoms with E-state index < -0.39 is 0 Å². The molecule has 1 saturated heterocycles. The number of ether oxygens (including phenoxy) is 2. The molecule has 29 heavy (non-hydrogen) atoms. The third-order valence-electron chi connectivity index (χ3n) is 5.01. The average Bonchev–Trinajstić information content (AvgIpc) is 2.77. The van der Waals surface area contributed by atoms with E-state index in [0.29, 0.717) is 12.3 Å². The molecule has 0 aromatic heterocycles. The van der Waals surface area contributed by atoms with E-state index in [-0.39, 0.29) is 5.75 Å². The quantitative estimate of drug-likeness (QED) is 0.576. The van der Waals surface area contributed by atoms with Crippen LogP contribution in [0.1, 0.15) is 12.5 Å². The highest BCUT2D eigenvalue weighted by Crippen LogP contribution is 2.26. The monoisotopic (exact) mass is 398 g/mol. The first-order valence-electron chi connectivity index (χ1n) is 9.92. The molecular weight excluding hydrogens is 368 g/mol. The summed E-state index contributed by atoms with van der Waals surface area (Å²) in [6.07, 6.45) is 0. The maximum atomic E-state index is 9.97. The minimum absolute atomic E-state index is 0.137. The Morgan fingerprint density at radius 2 is 1.76 bits per heavy atom. The van der Waals surface area contributed by atoms with E-state index >= 15 is 0 Å². The Bertz CT molecular complexity index is 815. The maximum Gasteiger partial charge on any atom is 0.194 e. The molecular formula is C22H30N4O3. The van der Waals surface area contributed by atoms with Gasteiger partial charge < -0.3 is 29.7 Å². The van der Waals surface area contributed by atoms with Gasteiger partial charge in [-0.3, -0.25) is 0 Å². The van der Waals surface area contributed by atoms with Gasteiger partial charge in [0.2, 0.25) is 0 Å². The lowest BCUT2D eigenvalue weighted by atomic mass is 10.2. The molecule has 2 N–H and O–H groups in total. The van der Waals surface area contributed by atoms with Gasteiger partial charge in [0, 0.05) is 38.4 Å². The van der Waals surface area contributed by atoms with Crippen molar-refractivity contribution in [2.24, 2.45) is 4.99 Å². The summed E-state index contributed by atoms with van der Waals surface area (Å²) in [6.45, 7) is 7.03. The summed E-state index contributed by atoms with van der Waals surface area (Å²) in [7, 11) is 3.23. The molecule has 0 aliphatic carbocycles. The molecule has 0 bridgehead atoms. The first-order chi connectivity index (χ1) is 14.1. The largest absolute Gasteiger partial charge is 0.504 e. The van der Waals surface area contributed by atoms with Gasteiger partial charge in [-0.1, -0.05) is 6.07 Å².